The summed E-state index contributed by atoms with van der Waals surface area (Å²) in [6, 6.07) is 4.82. The molecule has 1 N–H and O–H groups in total. The summed E-state index contributed by atoms with van der Waals surface area (Å²) in [4.78, 5) is 11.6. The smallest absolute Gasteiger partial charge is 0.381 e. The molecule has 0 aliphatic heterocycles. The van der Waals surface area contributed by atoms with Crippen molar-refractivity contribution in [2.24, 2.45) is 5.92 Å². The summed E-state index contributed by atoms with van der Waals surface area (Å²) in [5.41, 5.74) is -0.405. The Balaban J connectivity index is 2.35. The van der Waals surface area contributed by atoms with Crippen LogP contribution in [0.15, 0.2) is 30.3 Å². The number of benzene rings is 1. The molecule has 0 spiro atoms. The van der Waals surface area contributed by atoms with Crippen LogP contribution in [0.2, 0.25) is 0 Å². The molecule has 0 bridgehead atoms. The Morgan fingerprint density at radius 2 is 2.09 bits per heavy atom. The van der Waals surface area contributed by atoms with E-state index in [1.807, 2.05) is 0 Å². The lowest BCUT2D eigenvalue weighted by Crippen LogP contribution is -2.23. The fourth-order valence-corrected chi connectivity index (χ4v) is 1.75. The van der Waals surface area contributed by atoms with Gasteiger partial charge in [-0.2, -0.15) is 13.2 Å². The Morgan fingerprint density at radius 1 is 1.35 bits per heavy atom. The highest BCUT2D eigenvalue weighted by molar-refractivity contribution is 5.91. The third-order valence-corrected chi connectivity index (χ3v) is 2.86. The predicted molar refractivity (Wildman–Crippen MR) is 83.8 cm³/mol. The van der Waals surface area contributed by atoms with E-state index in [2.05, 4.69) is 19.2 Å². The number of carbonyl (C=O) groups is 1. The van der Waals surface area contributed by atoms with Gasteiger partial charge in [0.2, 0.25) is 5.91 Å². The third-order valence-electron chi connectivity index (χ3n) is 2.86. The molecule has 23 heavy (non-hydrogen) atoms. The van der Waals surface area contributed by atoms with Gasteiger partial charge < -0.3 is 10.1 Å². The molecule has 0 radical (unpaired) electrons. The van der Waals surface area contributed by atoms with E-state index in [0.29, 0.717) is 37.7 Å². The molecule has 0 aliphatic carbocycles. The SMILES string of the molecule is CC(C)COCCCNC(=O)/C=C/c1cccc(C(F)(F)F)c1. The van der Waals surface area contributed by atoms with Crippen LogP contribution in [0.3, 0.4) is 0 Å². The second-order valence-electron chi connectivity index (χ2n) is 5.57. The topological polar surface area (TPSA) is 38.3 Å². The molecule has 1 rings (SSSR count). The maximum absolute atomic E-state index is 12.6. The van der Waals surface area contributed by atoms with E-state index >= 15 is 0 Å². The predicted octanol–water partition coefficient (Wildman–Crippen LogP) is 3.90. The number of rotatable bonds is 8. The number of ether oxygens (including phenoxy) is 1. The van der Waals surface area contributed by atoms with Crippen molar-refractivity contribution in [3.63, 3.8) is 0 Å². The molecule has 0 saturated carbocycles. The molecule has 3 nitrogen and oxygen atoms in total. The van der Waals surface area contributed by atoms with E-state index in [1.165, 1.54) is 24.3 Å². The van der Waals surface area contributed by atoms with Crippen LogP contribution in [0.4, 0.5) is 13.2 Å². The van der Waals surface area contributed by atoms with Crippen LogP contribution in [0.1, 0.15) is 31.4 Å². The summed E-state index contributed by atoms with van der Waals surface area (Å²) in [7, 11) is 0. The summed E-state index contributed by atoms with van der Waals surface area (Å²) in [5.74, 6) is 0.131. The lowest BCUT2D eigenvalue weighted by molar-refractivity contribution is -0.137. The Hall–Kier alpha value is -1.82. The molecule has 1 aromatic rings. The first kappa shape index (κ1) is 19.2. The minimum atomic E-state index is -4.39. The molecule has 1 amide bonds. The van der Waals surface area contributed by atoms with E-state index in [-0.39, 0.29) is 5.91 Å². The van der Waals surface area contributed by atoms with Gasteiger partial charge in [-0.1, -0.05) is 26.0 Å². The minimum Gasteiger partial charge on any atom is -0.381 e. The Morgan fingerprint density at radius 3 is 2.74 bits per heavy atom. The molecule has 0 heterocycles. The average molecular weight is 329 g/mol. The molecule has 1 aromatic carbocycles. The molecule has 0 saturated heterocycles. The monoisotopic (exact) mass is 329 g/mol. The van der Waals surface area contributed by atoms with Crippen molar-refractivity contribution in [1.29, 1.82) is 0 Å². The van der Waals surface area contributed by atoms with Gasteiger partial charge in [0.25, 0.3) is 0 Å². The fraction of sp³-hybridized carbons (Fsp3) is 0.471. The van der Waals surface area contributed by atoms with E-state index in [0.717, 1.165) is 12.1 Å². The molecule has 0 aromatic heterocycles. The fourth-order valence-electron chi connectivity index (χ4n) is 1.75. The minimum absolute atomic E-state index is 0.329. The maximum atomic E-state index is 12.6. The second-order valence-corrected chi connectivity index (χ2v) is 5.57. The van der Waals surface area contributed by atoms with Crippen molar-refractivity contribution >= 4 is 12.0 Å². The molecular weight excluding hydrogens is 307 g/mol. The largest absolute Gasteiger partial charge is 0.416 e. The van der Waals surface area contributed by atoms with Gasteiger partial charge >= 0.3 is 6.18 Å². The highest BCUT2D eigenvalue weighted by Crippen LogP contribution is 2.29. The van der Waals surface area contributed by atoms with Crippen LogP contribution < -0.4 is 5.32 Å². The van der Waals surface area contributed by atoms with E-state index < -0.39 is 11.7 Å². The Kier molecular flexibility index (Phi) is 7.81. The van der Waals surface area contributed by atoms with Gasteiger partial charge in [-0.3, -0.25) is 4.79 Å². The van der Waals surface area contributed by atoms with Crippen LogP contribution in [0.5, 0.6) is 0 Å². The number of alkyl halides is 3. The van der Waals surface area contributed by atoms with E-state index in [4.69, 9.17) is 4.74 Å². The summed E-state index contributed by atoms with van der Waals surface area (Å²) in [6.45, 7) is 5.82. The van der Waals surface area contributed by atoms with Gasteiger partial charge in [0.15, 0.2) is 0 Å². The summed E-state index contributed by atoms with van der Waals surface area (Å²) in [5, 5.41) is 2.66. The van der Waals surface area contributed by atoms with Crippen LogP contribution >= 0.6 is 0 Å². The van der Waals surface area contributed by atoms with Crippen LogP contribution in [0, 0.1) is 5.92 Å². The molecule has 0 aliphatic rings. The van der Waals surface area contributed by atoms with Gasteiger partial charge in [0.1, 0.15) is 0 Å². The molecular formula is C17H22F3NO2. The van der Waals surface area contributed by atoms with Crippen LogP contribution in [-0.4, -0.2) is 25.7 Å². The Bertz CT molecular complexity index is 525. The Labute approximate surface area is 134 Å². The lowest BCUT2D eigenvalue weighted by atomic mass is 10.1. The van der Waals surface area contributed by atoms with Gasteiger partial charge in [-0.05, 0) is 36.1 Å². The second kappa shape index (κ2) is 9.35. The zero-order valence-electron chi connectivity index (χ0n) is 13.3. The van der Waals surface area contributed by atoms with Crippen molar-refractivity contribution in [1.82, 2.24) is 5.32 Å². The number of carbonyl (C=O) groups excluding carboxylic acids is 1. The lowest BCUT2D eigenvalue weighted by Gasteiger charge is -2.07. The summed E-state index contributed by atoms with van der Waals surface area (Å²) in [6.07, 6.45) is -1.11. The highest BCUT2D eigenvalue weighted by Gasteiger charge is 2.30. The third kappa shape index (κ3) is 8.40. The highest BCUT2D eigenvalue weighted by atomic mass is 19.4. The maximum Gasteiger partial charge on any atom is 0.416 e. The van der Waals surface area contributed by atoms with E-state index in [9.17, 15) is 18.0 Å². The van der Waals surface area contributed by atoms with Gasteiger partial charge in [0.05, 0.1) is 5.56 Å². The summed E-state index contributed by atoms with van der Waals surface area (Å²) >= 11 is 0. The van der Waals surface area contributed by atoms with E-state index in [1.54, 1.807) is 0 Å². The van der Waals surface area contributed by atoms with Gasteiger partial charge in [-0.15, -0.1) is 0 Å². The first-order valence-corrected chi connectivity index (χ1v) is 7.50. The standard InChI is InChI=1S/C17H22F3NO2/c1-13(2)12-23-10-4-9-21-16(22)8-7-14-5-3-6-15(11-14)17(18,19)20/h3,5-8,11,13H,4,9-10,12H2,1-2H3,(H,21,22)/b8-7+. The molecule has 0 fully saturated rings. The van der Waals surface area contributed by atoms with Crippen molar-refractivity contribution in [3.8, 4) is 0 Å². The first-order chi connectivity index (χ1) is 10.8. The first-order valence-electron chi connectivity index (χ1n) is 7.50. The van der Waals surface area contributed by atoms with Gasteiger partial charge in [-0.25, -0.2) is 0 Å². The molecule has 128 valence electrons. The number of hydrogen-bond acceptors (Lipinski definition) is 2. The van der Waals surface area contributed by atoms with Crippen LogP contribution in [0.25, 0.3) is 6.08 Å². The van der Waals surface area contributed by atoms with Crippen molar-refractivity contribution < 1.29 is 22.7 Å². The zero-order chi connectivity index (χ0) is 17.3. The number of amides is 1. The summed E-state index contributed by atoms with van der Waals surface area (Å²) < 4.78 is 43.1. The average Bonchev–Trinajstić information content (AvgIpc) is 2.48. The van der Waals surface area contributed by atoms with Crippen LogP contribution in [-0.2, 0) is 15.7 Å². The van der Waals surface area contributed by atoms with Crippen molar-refractivity contribution in [2.45, 2.75) is 26.4 Å². The number of halogens is 3. The van der Waals surface area contributed by atoms with Crippen molar-refractivity contribution in [2.75, 3.05) is 19.8 Å². The molecule has 6 heteroatoms. The molecule has 0 unspecified atom stereocenters. The molecule has 0 atom stereocenters. The zero-order valence-corrected chi connectivity index (χ0v) is 13.3. The quantitative estimate of drug-likeness (QED) is 0.580. The number of nitrogens with one attached hydrogen (secondary N) is 1. The normalized spacial score (nSPS) is 12.1. The van der Waals surface area contributed by atoms with Crippen molar-refractivity contribution in [3.05, 3.63) is 41.5 Å². The number of hydrogen-bond donors (Lipinski definition) is 1. The van der Waals surface area contributed by atoms with Gasteiger partial charge in [0, 0.05) is 25.8 Å².